The van der Waals surface area contributed by atoms with Gasteiger partial charge in [0.05, 0.1) is 18.2 Å². The molecule has 0 heterocycles. The molecule has 2 rings (SSSR count). The lowest BCUT2D eigenvalue weighted by Gasteiger charge is -2.12. The Labute approximate surface area is 120 Å². The van der Waals surface area contributed by atoms with Crippen molar-refractivity contribution in [3.8, 4) is 0 Å². The van der Waals surface area contributed by atoms with Gasteiger partial charge >= 0.3 is 6.18 Å². The van der Waals surface area contributed by atoms with Crippen molar-refractivity contribution >= 4 is 6.21 Å². The molecule has 1 N–H and O–H groups in total. The summed E-state index contributed by atoms with van der Waals surface area (Å²) in [6.45, 7) is 0.0101. The van der Waals surface area contributed by atoms with E-state index in [2.05, 4.69) is 4.99 Å². The summed E-state index contributed by atoms with van der Waals surface area (Å²) >= 11 is 0. The number of aliphatic hydroxyl groups excluding tert-OH is 1. The molecule has 0 spiro atoms. The summed E-state index contributed by atoms with van der Waals surface area (Å²) in [5.74, 6) is 0. The van der Waals surface area contributed by atoms with Gasteiger partial charge in [-0.05, 0) is 23.3 Å². The number of alkyl halides is 3. The molecule has 0 fully saturated rings. The van der Waals surface area contributed by atoms with E-state index >= 15 is 0 Å². The highest BCUT2D eigenvalue weighted by Crippen LogP contribution is 2.30. The number of rotatable bonds is 4. The van der Waals surface area contributed by atoms with Gasteiger partial charge < -0.3 is 5.11 Å². The molecule has 0 aromatic heterocycles. The van der Waals surface area contributed by atoms with Gasteiger partial charge in [0.25, 0.3) is 0 Å². The molecular formula is C16H14F3NO. The molecule has 0 radical (unpaired) electrons. The molecule has 0 aliphatic carbocycles. The first-order chi connectivity index (χ1) is 9.97. The predicted octanol–water partition coefficient (Wildman–Crippen LogP) is 3.86. The third kappa shape index (κ3) is 4.43. The Morgan fingerprint density at radius 3 is 2.43 bits per heavy atom. The van der Waals surface area contributed by atoms with Crippen LogP contribution in [0.1, 0.15) is 22.8 Å². The highest BCUT2D eigenvalue weighted by molar-refractivity contribution is 5.79. The zero-order valence-electron chi connectivity index (χ0n) is 11.1. The summed E-state index contributed by atoms with van der Waals surface area (Å²) < 4.78 is 37.8. The van der Waals surface area contributed by atoms with E-state index in [1.807, 2.05) is 30.3 Å². The number of hydrogen-bond donors (Lipinski definition) is 1. The molecule has 2 aromatic rings. The van der Waals surface area contributed by atoms with E-state index in [9.17, 15) is 18.3 Å². The lowest BCUT2D eigenvalue weighted by Crippen LogP contribution is -2.08. The van der Waals surface area contributed by atoms with E-state index in [1.54, 1.807) is 6.21 Å². The molecule has 0 aliphatic heterocycles. The topological polar surface area (TPSA) is 32.6 Å². The third-order valence-electron chi connectivity index (χ3n) is 2.92. The summed E-state index contributed by atoms with van der Waals surface area (Å²) in [5.41, 5.74) is 0.301. The monoisotopic (exact) mass is 293 g/mol. The maximum atomic E-state index is 12.6. The number of nitrogens with zero attached hydrogens (tertiary/aromatic N) is 1. The van der Waals surface area contributed by atoms with Crippen molar-refractivity contribution in [1.29, 1.82) is 0 Å². The molecule has 0 bridgehead atoms. The molecule has 0 amide bonds. The molecule has 5 heteroatoms. The first-order valence-corrected chi connectivity index (χ1v) is 6.37. The number of hydrogen-bond acceptors (Lipinski definition) is 2. The SMILES string of the molecule is OC(CN=Cc1ccccc1)c1cccc(C(F)(F)F)c1. The highest BCUT2D eigenvalue weighted by atomic mass is 19.4. The van der Waals surface area contributed by atoms with Crippen LogP contribution in [0.4, 0.5) is 13.2 Å². The van der Waals surface area contributed by atoms with Gasteiger partial charge in [-0.3, -0.25) is 4.99 Å². The van der Waals surface area contributed by atoms with Crippen molar-refractivity contribution < 1.29 is 18.3 Å². The fraction of sp³-hybridized carbons (Fsp3) is 0.188. The van der Waals surface area contributed by atoms with Gasteiger partial charge in [-0.15, -0.1) is 0 Å². The lowest BCUT2D eigenvalue weighted by molar-refractivity contribution is -0.137. The van der Waals surface area contributed by atoms with Gasteiger partial charge in [-0.1, -0.05) is 42.5 Å². The minimum absolute atomic E-state index is 0.0101. The second-order valence-corrected chi connectivity index (χ2v) is 4.54. The van der Waals surface area contributed by atoms with Crippen LogP contribution in [0, 0.1) is 0 Å². The van der Waals surface area contributed by atoms with Gasteiger partial charge in [0.2, 0.25) is 0 Å². The zero-order chi connectivity index (χ0) is 15.3. The zero-order valence-corrected chi connectivity index (χ0v) is 11.1. The molecule has 0 saturated carbocycles. The second-order valence-electron chi connectivity index (χ2n) is 4.54. The molecule has 1 unspecified atom stereocenters. The Kier molecular flexibility index (Phi) is 4.75. The standard InChI is InChI=1S/C16H14F3NO/c17-16(18,19)14-8-4-7-13(9-14)15(21)11-20-10-12-5-2-1-3-6-12/h1-10,15,21H,11H2. The van der Waals surface area contributed by atoms with E-state index in [-0.39, 0.29) is 12.1 Å². The normalized spacial score (nSPS) is 13.5. The quantitative estimate of drug-likeness (QED) is 0.853. The fourth-order valence-electron chi connectivity index (χ4n) is 1.82. The van der Waals surface area contributed by atoms with Crippen LogP contribution < -0.4 is 0 Å². The van der Waals surface area contributed by atoms with Crippen LogP contribution in [0.5, 0.6) is 0 Å². The van der Waals surface area contributed by atoms with Crippen LogP contribution in [-0.4, -0.2) is 17.9 Å². The summed E-state index contributed by atoms with van der Waals surface area (Å²) in [6.07, 6.45) is -3.90. The third-order valence-corrected chi connectivity index (χ3v) is 2.92. The summed E-state index contributed by atoms with van der Waals surface area (Å²) in [5, 5.41) is 9.91. The molecule has 21 heavy (non-hydrogen) atoms. The Hall–Kier alpha value is -2.14. The van der Waals surface area contributed by atoms with Crippen molar-refractivity contribution in [2.75, 3.05) is 6.54 Å². The van der Waals surface area contributed by atoms with Crippen molar-refractivity contribution in [3.63, 3.8) is 0 Å². The van der Waals surface area contributed by atoms with Crippen LogP contribution in [0.3, 0.4) is 0 Å². The molecule has 1 atom stereocenters. The number of aliphatic hydroxyl groups is 1. The van der Waals surface area contributed by atoms with Gasteiger partial charge in [-0.25, -0.2) is 0 Å². The van der Waals surface area contributed by atoms with E-state index in [0.717, 1.165) is 17.7 Å². The number of benzene rings is 2. The van der Waals surface area contributed by atoms with Crippen LogP contribution in [0.2, 0.25) is 0 Å². The average Bonchev–Trinajstić information content (AvgIpc) is 2.47. The average molecular weight is 293 g/mol. The number of aliphatic imine (C=N–C) groups is 1. The van der Waals surface area contributed by atoms with E-state index in [0.29, 0.717) is 0 Å². The summed E-state index contributed by atoms with van der Waals surface area (Å²) in [7, 11) is 0. The van der Waals surface area contributed by atoms with Crippen molar-refractivity contribution in [2.45, 2.75) is 12.3 Å². The minimum atomic E-state index is -4.41. The second kappa shape index (κ2) is 6.54. The van der Waals surface area contributed by atoms with Crippen molar-refractivity contribution in [3.05, 3.63) is 71.3 Å². The molecular weight excluding hydrogens is 279 g/mol. The van der Waals surface area contributed by atoms with E-state index in [1.165, 1.54) is 12.1 Å². The fourth-order valence-corrected chi connectivity index (χ4v) is 1.82. The Balaban J connectivity index is 2.04. The van der Waals surface area contributed by atoms with Crippen molar-refractivity contribution in [2.24, 2.45) is 4.99 Å². The first kappa shape index (κ1) is 15.3. The van der Waals surface area contributed by atoms with E-state index < -0.39 is 17.8 Å². The minimum Gasteiger partial charge on any atom is -0.386 e. The summed E-state index contributed by atoms with van der Waals surface area (Å²) in [4.78, 5) is 4.05. The van der Waals surface area contributed by atoms with Crippen molar-refractivity contribution in [1.82, 2.24) is 0 Å². The van der Waals surface area contributed by atoms with Crippen LogP contribution in [0.15, 0.2) is 59.6 Å². The van der Waals surface area contributed by atoms with E-state index in [4.69, 9.17) is 0 Å². The molecule has 0 aliphatic rings. The molecule has 0 saturated heterocycles. The van der Waals surface area contributed by atoms with Gasteiger partial charge in [0, 0.05) is 6.21 Å². The Morgan fingerprint density at radius 2 is 1.76 bits per heavy atom. The largest absolute Gasteiger partial charge is 0.416 e. The first-order valence-electron chi connectivity index (χ1n) is 6.37. The van der Waals surface area contributed by atoms with Crippen LogP contribution in [-0.2, 0) is 6.18 Å². The maximum Gasteiger partial charge on any atom is 0.416 e. The predicted molar refractivity (Wildman–Crippen MR) is 75.3 cm³/mol. The van der Waals surface area contributed by atoms with Crippen LogP contribution in [0.25, 0.3) is 0 Å². The molecule has 2 nitrogen and oxygen atoms in total. The van der Waals surface area contributed by atoms with Gasteiger partial charge in [0.1, 0.15) is 0 Å². The Bertz CT molecular complexity index is 608. The molecule has 110 valence electrons. The number of halogens is 3. The van der Waals surface area contributed by atoms with Crippen LogP contribution >= 0.6 is 0 Å². The summed E-state index contributed by atoms with van der Waals surface area (Å²) in [6, 6.07) is 13.9. The maximum absolute atomic E-state index is 12.6. The lowest BCUT2D eigenvalue weighted by atomic mass is 10.1. The van der Waals surface area contributed by atoms with Gasteiger partial charge in [0.15, 0.2) is 0 Å². The smallest absolute Gasteiger partial charge is 0.386 e. The van der Waals surface area contributed by atoms with Gasteiger partial charge in [-0.2, -0.15) is 13.2 Å². The molecule has 2 aromatic carbocycles. The highest BCUT2D eigenvalue weighted by Gasteiger charge is 2.30. The Morgan fingerprint density at radius 1 is 1.05 bits per heavy atom.